The first kappa shape index (κ1) is 26.7. The van der Waals surface area contributed by atoms with Crippen LogP contribution in [0.3, 0.4) is 0 Å². The number of nitrogens with zero attached hydrogens (tertiary/aromatic N) is 2. The maximum Gasteiger partial charge on any atom is 0.308 e. The first-order valence-electron chi connectivity index (χ1n) is 11.4. The molecule has 33 heavy (non-hydrogen) atoms. The van der Waals surface area contributed by atoms with E-state index in [4.69, 9.17) is 19.9 Å². The van der Waals surface area contributed by atoms with Gasteiger partial charge in [-0.1, -0.05) is 24.3 Å². The molecule has 0 saturated carbocycles. The predicted molar refractivity (Wildman–Crippen MR) is 127 cm³/mol. The average Bonchev–Trinajstić information content (AvgIpc) is 2.75. The lowest BCUT2D eigenvalue weighted by molar-refractivity contribution is -0.180. The molecule has 0 aliphatic carbocycles. The Hall–Kier alpha value is -2.55. The summed E-state index contributed by atoms with van der Waals surface area (Å²) in [5.41, 5.74) is 7.21. The summed E-state index contributed by atoms with van der Waals surface area (Å²) < 4.78 is 16.9. The number of ether oxygens (including phenoxy) is 3. The normalized spacial score (nSPS) is 13.7. The van der Waals surface area contributed by atoms with Crippen LogP contribution in [0.2, 0.25) is 0 Å². The van der Waals surface area contributed by atoms with E-state index in [2.05, 4.69) is 4.98 Å². The van der Waals surface area contributed by atoms with Crippen molar-refractivity contribution in [3.8, 4) is 0 Å². The molecule has 0 bridgehead atoms. The van der Waals surface area contributed by atoms with Crippen molar-refractivity contribution < 1.29 is 23.8 Å². The fourth-order valence-electron chi connectivity index (χ4n) is 3.57. The van der Waals surface area contributed by atoms with Crippen LogP contribution in [0, 0.1) is 0 Å². The van der Waals surface area contributed by atoms with E-state index in [1.807, 2.05) is 51.1 Å². The number of aromatic nitrogens is 1. The molecule has 0 saturated heterocycles. The van der Waals surface area contributed by atoms with E-state index in [0.29, 0.717) is 13.2 Å². The van der Waals surface area contributed by atoms with Gasteiger partial charge in [0, 0.05) is 31.3 Å². The third-order valence-electron chi connectivity index (χ3n) is 5.01. The van der Waals surface area contributed by atoms with Crippen LogP contribution in [0.15, 0.2) is 36.5 Å². The third-order valence-corrected chi connectivity index (χ3v) is 5.01. The molecule has 2 N–H and O–H groups in total. The van der Waals surface area contributed by atoms with E-state index in [9.17, 15) is 9.59 Å². The first-order chi connectivity index (χ1) is 15.6. The van der Waals surface area contributed by atoms with Gasteiger partial charge in [-0.05, 0) is 53.2 Å². The highest BCUT2D eigenvalue weighted by Crippen LogP contribution is 2.22. The number of benzene rings is 1. The lowest BCUT2D eigenvalue weighted by Gasteiger charge is -2.36. The Bertz CT molecular complexity index is 916. The molecule has 0 aliphatic heterocycles. The molecule has 0 spiro atoms. The van der Waals surface area contributed by atoms with Gasteiger partial charge in [-0.2, -0.15) is 0 Å². The Morgan fingerprint density at radius 3 is 2.33 bits per heavy atom. The average molecular weight is 460 g/mol. The van der Waals surface area contributed by atoms with Gasteiger partial charge >= 0.3 is 5.97 Å². The van der Waals surface area contributed by atoms with E-state index >= 15 is 0 Å². The lowest BCUT2D eigenvalue weighted by atomic mass is 10.1. The lowest BCUT2D eigenvalue weighted by Crippen LogP contribution is -2.53. The van der Waals surface area contributed by atoms with Crippen LogP contribution in [-0.2, 0) is 30.3 Å². The van der Waals surface area contributed by atoms with Crippen molar-refractivity contribution in [3.63, 3.8) is 0 Å². The molecule has 1 unspecified atom stereocenters. The van der Waals surface area contributed by atoms with Gasteiger partial charge in [0.05, 0.1) is 24.0 Å². The van der Waals surface area contributed by atoms with Gasteiger partial charge in [0.1, 0.15) is 5.60 Å². The summed E-state index contributed by atoms with van der Waals surface area (Å²) in [7, 11) is 0. The van der Waals surface area contributed by atoms with Crippen LogP contribution in [0.25, 0.3) is 10.9 Å². The number of nitrogens with two attached hydrogens (primary N) is 1. The Labute approximate surface area is 196 Å². The first-order valence-corrected chi connectivity index (χ1v) is 11.4. The standard InChI is InChI=1S/C25H37N3O5/c1-7-31-24(32-8-2)17(3)28(23(30)20(26)15-21(29)33-25(4,5)6)16-19-12-9-11-18-13-10-14-27-22(18)19/h9-14,17,20,24H,7-8,15-16,26H2,1-6H3/t17-,20?/m0/s1. The molecule has 1 aromatic heterocycles. The maximum atomic E-state index is 13.5. The van der Waals surface area contributed by atoms with Gasteiger partial charge < -0.3 is 24.8 Å². The van der Waals surface area contributed by atoms with E-state index < -0.39 is 29.9 Å². The fraction of sp³-hybridized carbons (Fsp3) is 0.560. The summed E-state index contributed by atoms with van der Waals surface area (Å²) in [4.78, 5) is 31.9. The summed E-state index contributed by atoms with van der Waals surface area (Å²) in [6, 6.07) is 8.15. The topological polar surface area (TPSA) is 104 Å². The Kier molecular flexibility index (Phi) is 9.76. The minimum atomic E-state index is -1.06. The van der Waals surface area contributed by atoms with E-state index in [0.717, 1.165) is 16.5 Å². The van der Waals surface area contributed by atoms with Gasteiger partial charge in [-0.25, -0.2) is 0 Å². The number of esters is 1. The molecule has 2 aromatic rings. The molecule has 8 heteroatoms. The van der Waals surface area contributed by atoms with Crippen molar-refractivity contribution in [3.05, 3.63) is 42.1 Å². The molecule has 2 rings (SSSR count). The Morgan fingerprint density at radius 2 is 1.73 bits per heavy atom. The number of hydrogen-bond donors (Lipinski definition) is 1. The van der Waals surface area contributed by atoms with Crippen LogP contribution in [0.1, 0.15) is 53.5 Å². The Balaban J connectivity index is 2.35. The van der Waals surface area contributed by atoms with Gasteiger partial charge in [0.2, 0.25) is 5.91 Å². The Morgan fingerprint density at radius 1 is 1.09 bits per heavy atom. The van der Waals surface area contributed by atoms with Gasteiger partial charge in [0.25, 0.3) is 0 Å². The van der Waals surface area contributed by atoms with Crippen molar-refractivity contribution in [1.82, 2.24) is 9.88 Å². The maximum absolute atomic E-state index is 13.5. The number of fused-ring (bicyclic) bond motifs is 1. The summed E-state index contributed by atoms with van der Waals surface area (Å²) in [5.74, 6) is -0.903. The summed E-state index contributed by atoms with van der Waals surface area (Å²) >= 11 is 0. The zero-order valence-corrected chi connectivity index (χ0v) is 20.5. The van der Waals surface area contributed by atoms with Crippen LogP contribution in [0.4, 0.5) is 0 Å². The number of rotatable bonds is 11. The highest BCUT2D eigenvalue weighted by Gasteiger charge is 2.33. The molecule has 1 aromatic carbocycles. The van der Waals surface area contributed by atoms with Crippen molar-refractivity contribution in [2.75, 3.05) is 13.2 Å². The molecular weight excluding hydrogens is 422 g/mol. The van der Waals surface area contributed by atoms with Gasteiger partial charge in [0.15, 0.2) is 6.29 Å². The van der Waals surface area contributed by atoms with Crippen LogP contribution >= 0.6 is 0 Å². The molecule has 2 atom stereocenters. The number of amides is 1. The molecule has 182 valence electrons. The number of hydrogen-bond acceptors (Lipinski definition) is 7. The molecule has 0 aliphatic rings. The molecule has 1 amide bonds. The number of carbonyl (C=O) groups excluding carboxylic acids is 2. The SMILES string of the molecule is CCOC(OCC)[C@H](C)N(Cc1cccc2cccnc12)C(=O)C(N)CC(=O)OC(C)(C)C. The van der Waals surface area contributed by atoms with Crippen LogP contribution in [0.5, 0.6) is 0 Å². The number of carbonyl (C=O) groups is 2. The summed E-state index contributed by atoms with van der Waals surface area (Å²) in [5, 5.41) is 0.972. The van der Waals surface area contributed by atoms with E-state index in [1.165, 1.54) is 0 Å². The molecule has 1 heterocycles. The minimum absolute atomic E-state index is 0.221. The monoisotopic (exact) mass is 459 g/mol. The second-order valence-electron chi connectivity index (χ2n) is 8.88. The molecule has 0 fully saturated rings. The smallest absolute Gasteiger partial charge is 0.308 e. The van der Waals surface area contributed by atoms with Crippen LogP contribution in [-0.4, -0.2) is 58.9 Å². The van der Waals surface area contributed by atoms with E-state index in [1.54, 1.807) is 31.9 Å². The largest absolute Gasteiger partial charge is 0.460 e. The second-order valence-corrected chi connectivity index (χ2v) is 8.88. The number of pyridine rings is 1. The van der Waals surface area contributed by atoms with Gasteiger partial charge in [-0.15, -0.1) is 0 Å². The van der Waals surface area contributed by atoms with Crippen molar-refractivity contribution >= 4 is 22.8 Å². The van der Waals surface area contributed by atoms with Gasteiger partial charge in [-0.3, -0.25) is 14.6 Å². The zero-order valence-electron chi connectivity index (χ0n) is 20.5. The fourth-order valence-corrected chi connectivity index (χ4v) is 3.57. The highest BCUT2D eigenvalue weighted by molar-refractivity contribution is 5.87. The highest BCUT2D eigenvalue weighted by atomic mass is 16.7. The molecular formula is C25H37N3O5. The van der Waals surface area contributed by atoms with Crippen LogP contribution < -0.4 is 5.73 Å². The zero-order chi connectivity index (χ0) is 24.6. The van der Waals surface area contributed by atoms with Crippen molar-refractivity contribution in [2.24, 2.45) is 5.73 Å². The summed E-state index contributed by atoms with van der Waals surface area (Å²) in [6.45, 7) is 12.0. The molecule has 0 radical (unpaired) electrons. The molecule has 8 nitrogen and oxygen atoms in total. The number of para-hydroxylation sites is 1. The third kappa shape index (κ3) is 7.77. The van der Waals surface area contributed by atoms with E-state index in [-0.39, 0.29) is 18.9 Å². The second kappa shape index (κ2) is 12.1. The van der Waals surface area contributed by atoms with Crippen molar-refractivity contribution in [1.29, 1.82) is 0 Å². The van der Waals surface area contributed by atoms with Crippen molar-refractivity contribution in [2.45, 2.75) is 78.5 Å². The predicted octanol–water partition coefficient (Wildman–Crippen LogP) is 3.41. The minimum Gasteiger partial charge on any atom is -0.460 e. The summed E-state index contributed by atoms with van der Waals surface area (Å²) in [6.07, 6.45) is 0.862. The quantitative estimate of drug-likeness (QED) is 0.406.